The Morgan fingerprint density at radius 3 is 3.00 bits per heavy atom. The maximum atomic E-state index is 5.45. The molecule has 0 atom stereocenters. The number of nitrogens with one attached hydrogen (secondary N) is 1. The summed E-state index contributed by atoms with van der Waals surface area (Å²) in [4.78, 5) is 7.13. The highest BCUT2D eigenvalue weighted by Crippen LogP contribution is 2.27. The zero-order valence-electron chi connectivity index (χ0n) is 7.40. The molecule has 0 spiro atoms. The predicted molar refractivity (Wildman–Crippen MR) is 52.9 cm³/mol. The fourth-order valence-electron chi connectivity index (χ4n) is 1.51. The van der Waals surface area contributed by atoms with Crippen molar-refractivity contribution in [1.82, 2.24) is 9.97 Å². The van der Waals surface area contributed by atoms with Crippen LogP contribution in [0.4, 0.5) is 0 Å². The molecule has 1 aromatic heterocycles. The molecule has 0 unspecified atom stereocenters. The maximum Gasteiger partial charge on any atom is 0.173 e. The molecule has 3 nitrogen and oxygen atoms in total. The molecule has 2 aliphatic rings. The van der Waals surface area contributed by atoms with Gasteiger partial charge in [0.2, 0.25) is 0 Å². The van der Waals surface area contributed by atoms with Crippen LogP contribution >= 0.6 is 0 Å². The number of hydrogen-bond donors (Lipinski definition) is 1. The van der Waals surface area contributed by atoms with Crippen LogP contribution in [0, 0.1) is 0 Å². The molecule has 1 aromatic rings. The molecule has 1 aliphatic carbocycles. The molecule has 0 radical (unpaired) electrons. The smallest absolute Gasteiger partial charge is 0.173 e. The van der Waals surface area contributed by atoms with Crippen LogP contribution in [0.2, 0.25) is 0 Å². The Bertz CT molecular complexity index is 510. The molecule has 2 heterocycles. The summed E-state index contributed by atoms with van der Waals surface area (Å²) in [6, 6.07) is 8.06. The van der Waals surface area contributed by atoms with E-state index in [9.17, 15) is 0 Å². The van der Waals surface area contributed by atoms with Gasteiger partial charge in [-0.25, -0.2) is 4.98 Å². The van der Waals surface area contributed by atoms with E-state index in [0.717, 1.165) is 17.1 Å². The summed E-state index contributed by atoms with van der Waals surface area (Å²) in [5, 5.41) is 0. The number of fused-ring (bicyclic) bond motifs is 1. The number of hydrogen-bond acceptors (Lipinski definition) is 2. The van der Waals surface area contributed by atoms with E-state index >= 15 is 0 Å². The summed E-state index contributed by atoms with van der Waals surface area (Å²) in [6.07, 6.45) is 5.23. The van der Waals surface area contributed by atoms with E-state index < -0.39 is 0 Å². The lowest BCUT2D eigenvalue weighted by molar-refractivity contribution is 0.564. The molecule has 1 aliphatic heterocycles. The molecule has 0 fully saturated rings. The lowest BCUT2D eigenvalue weighted by Gasteiger charge is -2.00. The Morgan fingerprint density at radius 1 is 1.21 bits per heavy atom. The van der Waals surface area contributed by atoms with Crippen LogP contribution in [0.25, 0.3) is 22.7 Å². The largest absolute Gasteiger partial charge is 0.460 e. The van der Waals surface area contributed by atoms with Crippen molar-refractivity contribution in [1.29, 1.82) is 0 Å². The molecule has 68 valence electrons. The van der Waals surface area contributed by atoms with Crippen molar-refractivity contribution >= 4 is 0 Å². The summed E-state index contributed by atoms with van der Waals surface area (Å²) >= 11 is 0. The lowest BCUT2D eigenvalue weighted by Crippen LogP contribution is -1.81. The molecule has 0 saturated heterocycles. The van der Waals surface area contributed by atoms with Gasteiger partial charge in [-0.15, -0.1) is 0 Å². The quantitative estimate of drug-likeness (QED) is 0.631. The first kappa shape index (κ1) is 7.38. The van der Waals surface area contributed by atoms with Gasteiger partial charge in [0.15, 0.2) is 11.6 Å². The van der Waals surface area contributed by atoms with Crippen LogP contribution in [-0.4, -0.2) is 9.97 Å². The van der Waals surface area contributed by atoms with Crippen LogP contribution in [0.15, 0.2) is 47.3 Å². The topological polar surface area (TPSA) is 41.8 Å². The molecule has 0 amide bonds. The van der Waals surface area contributed by atoms with E-state index in [1.165, 1.54) is 5.56 Å². The monoisotopic (exact) mass is 184 g/mol. The van der Waals surface area contributed by atoms with Crippen LogP contribution in [-0.2, 0) is 0 Å². The highest BCUT2D eigenvalue weighted by molar-refractivity contribution is 5.69. The second-order valence-corrected chi connectivity index (χ2v) is 3.12. The van der Waals surface area contributed by atoms with Gasteiger partial charge in [-0.2, -0.15) is 0 Å². The lowest BCUT2D eigenvalue weighted by atomic mass is 10.2. The van der Waals surface area contributed by atoms with Crippen LogP contribution < -0.4 is 0 Å². The second-order valence-electron chi connectivity index (χ2n) is 3.12. The Kier molecular flexibility index (Phi) is 1.44. The molecule has 14 heavy (non-hydrogen) atoms. The minimum Gasteiger partial charge on any atom is -0.460 e. The first-order valence-electron chi connectivity index (χ1n) is 4.40. The van der Waals surface area contributed by atoms with Crippen molar-refractivity contribution in [2.24, 2.45) is 0 Å². The van der Waals surface area contributed by atoms with Crippen molar-refractivity contribution in [3.8, 4) is 22.7 Å². The van der Waals surface area contributed by atoms with Gasteiger partial charge >= 0.3 is 0 Å². The highest BCUT2D eigenvalue weighted by Gasteiger charge is 2.07. The highest BCUT2D eigenvalue weighted by atomic mass is 16.3. The van der Waals surface area contributed by atoms with Gasteiger partial charge in [-0.3, -0.25) is 0 Å². The van der Waals surface area contributed by atoms with E-state index in [2.05, 4.69) is 16.0 Å². The van der Waals surface area contributed by atoms with Crippen molar-refractivity contribution in [2.45, 2.75) is 0 Å². The van der Waals surface area contributed by atoms with Crippen LogP contribution in [0.5, 0.6) is 0 Å². The van der Waals surface area contributed by atoms with Crippen molar-refractivity contribution in [3.05, 3.63) is 42.9 Å². The number of H-pyrrole nitrogens is 1. The fraction of sp³-hybridized carbons (Fsp3) is 0. The van der Waals surface area contributed by atoms with E-state index in [-0.39, 0.29) is 0 Å². The van der Waals surface area contributed by atoms with Gasteiger partial charge < -0.3 is 9.40 Å². The molecule has 1 N–H and O–H groups in total. The third-order valence-electron chi connectivity index (χ3n) is 2.22. The number of aromatic amines is 1. The molecule has 0 bridgehead atoms. The predicted octanol–water partition coefficient (Wildman–Crippen LogP) is 2.77. The summed E-state index contributed by atoms with van der Waals surface area (Å²) in [5.41, 5.74) is 2.28. The molecule has 3 rings (SSSR count). The first-order valence-corrected chi connectivity index (χ1v) is 4.40. The molecule has 0 saturated carbocycles. The summed E-state index contributed by atoms with van der Waals surface area (Å²) in [5.74, 6) is 1.52. The van der Waals surface area contributed by atoms with E-state index in [4.69, 9.17) is 4.42 Å². The third kappa shape index (κ3) is 1.03. The van der Waals surface area contributed by atoms with E-state index in [1.807, 2.05) is 18.2 Å². The van der Waals surface area contributed by atoms with Gasteiger partial charge in [-0.05, 0) is 11.6 Å². The minimum absolute atomic E-state index is 0.758. The van der Waals surface area contributed by atoms with Gasteiger partial charge in [0.25, 0.3) is 0 Å². The summed E-state index contributed by atoms with van der Waals surface area (Å²) in [7, 11) is 0. The van der Waals surface area contributed by atoms with Gasteiger partial charge in [-0.1, -0.05) is 18.2 Å². The van der Waals surface area contributed by atoms with Crippen molar-refractivity contribution in [2.75, 3.05) is 0 Å². The van der Waals surface area contributed by atoms with Crippen LogP contribution in [0.1, 0.15) is 0 Å². The molecular formula is C11H8N2O. The Balaban J connectivity index is 2.20. The average Bonchev–Trinajstić information content (AvgIpc) is 2.88. The maximum absolute atomic E-state index is 5.45. The number of aromatic nitrogens is 2. The first-order chi connectivity index (χ1) is 6.93. The zero-order chi connectivity index (χ0) is 9.38. The minimum atomic E-state index is 0.758. The van der Waals surface area contributed by atoms with E-state index in [0.29, 0.717) is 0 Å². The van der Waals surface area contributed by atoms with Gasteiger partial charge in [0.1, 0.15) is 0 Å². The van der Waals surface area contributed by atoms with Crippen molar-refractivity contribution in [3.63, 3.8) is 0 Å². The van der Waals surface area contributed by atoms with Gasteiger partial charge in [0, 0.05) is 18.0 Å². The fourth-order valence-corrected chi connectivity index (χ4v) is 1.51. The summed E-state index contributed by atoms with van der Waals surface area (Å²) < 4.78 is 5.45. The normalized spacial score (nSPS) is 10.9. The molecule has 0 aromatic carbocycles. The number of imidazole rings is 1. The second kappa shape index (κ2) is 2.73. The SMILES string of the molecule is c1cc2coc(-c3ncc[nH]3)cc-2c1. The number of nitrogens with zero attached hydrogens (tertiary/aromatic N) is 1. The zero-order valence-corrected chi connectivity index (χ0v) is 7.40. The Labute approximate surface area is 80.7 Å². The van der Waals surface area contributed by atoms with Crippen molar-refractivity contribution < 1.29 is 4.42 Å². The Hall–Kier alpha value is -2.03. The third-order valence-corrected chi connectivity index (χ3v) is 2.22. The number of rotatable bonds is 1. The Morgan fingerprint density at radius 2 is 2.14 bits per heavy atom. The molecule has 3 heteroatoms. The van der Waals surface area contributed by atoms with Crippen LogP contribution in [0.3, 0.4) is 0 Å². The summed E-state index contributed by atoms with van der Waals surface area (Å²) in [6.45, 7) is 0. The standard InChI is InChI=1S/C11H8N2O/c1-2-8-6-10(11-12-4-5-13-11)14-7-9(8)3-1/h1-7H,(H,12,13). The average molecular weight is 184 g/mol. The molecular weight excluding hydrogens is 176 g/mol. The van der Waals surface area contributed by atoms with Gasteiger partial charge in [0.05, 0.1) is 6.26 Å². The van der Waals surface area contributed by atoms with E-state index in [1.54, 1.807) is 18.7 Å².